The molecule has 0 radical (unpaired) electrons. The van der Waals surface area contributed by atoms with Gasteiger partial charge in [-0.25, -0.2) is 9.97 Å². The minimum absolute atomic E-state index is 0.0824. The van der Waals surface area contributed by atoms with Crippen molar-refractivity contribution >= 4 is 16.9 Å². The highest BCUT2D eigenvalue weighted by atomic mass is 16.5. The van der Waals surface area contributed by atoms with Crippen LogP contribution in [0.3, 0.4) is 0 Å². The number of aromatic nitrogens is 3. The number of nitrogens with zero attached hydrogens (tertiary/aromatic N) is 2. The second-order valence-corrected chi connectivity index (χ2v) is 4.24. The SMILES string of the molecule is CCO[C@H]1COC[C@@H]1Nc1ncnc2[nH]ccc12. The Morgan fingerprint density at radius 3 is 3.33 bits per heavy atom. The number of fused-ring (bicyclic) bond motifs is 1. The molecule has 1 fully saturated rings. The van der Waals surface area contributed by atoms with E-state index >= 15 is 0 Å². The Morgan fingerprint density at radius 2 is 2.44 bits per heavy atom. The first-order valence-electron chi connectivity index (χ1n) is 6.12. The van der Waals surface area contributed by atoms with Gasteiger partial charge < -0.3 is 19.8 Å². The summed E-state index contributed by atoms with van der Waals surface area (Å²) in [5.41, 5.74) is 0.833. The highest BCUT2D eigenvalue weighted by Crippen LogP contribution is 2.21. The van der Waals surface area contributed by atoms with Crippen LogP contribution in [0.4, 0.5) is 5.82 Å². The molecule has 0 amide bonds. The third-order valence-corrected chi connectivity index (χ3v) is 3.09. The molecule has 2 aromatic heterocycles. The summed E-state index contributed by atoms with van der Waals surface area (Å²) in [5, 5.41) is 4.37. The zero-order valence-electron chi connectivity index (χ0n) is 10.2. The molecule has 0 bridgehead atoms. The van der Waals surface area contributed by atoms with Gasteiger partial charge in [-0.3, -0.25) is 0 Å². The fourth-order valence-corrected chi connectivity index (χ4v) is 2.21. The van der Waals surface area contributed by atoms with Crippen molar-refractivity contribution in [1.82, 2.24) is 15.0 Å². The van der Waals surface area contributed by atoms with Crippen LogP contribution < -0.4 is 5.32 Å². The van der Waals surface area contributed by atoms with E-state index in [-0.39, 0.29) is 12.1 Å². The maximum absolute atomic E-state index is 5.64. The maximum atomic E-state index is 5.64. The predicted octanol–water partition coefficient (Wildman–Crippen LogP) is 1.17. The van der Waals surface area contributed by atoms with Crippen LogP contribution in [0.5, 0.6) is 0 Å². The number of ether oxygens (including phenoxy) is 2. The first-order valence-corrected chi connectivity index (χ1v) is 6.12. The minimum atomic E-state index is 0.0824. The molecule has 2 N–H and O–H groups in total. The van der Waals surface area contributed by atoms with Crippen molar-refractivity contribution in [3.8, 4) is 0 Å². The van der Waals surface area contributed by atoms with Crippen LogP contribution in [0, 0.1) is 0 Å². The van der Waals surface area contributed by atoms with Gasteiger partial charge in [-0.15, -0.1) is 0 Å². The highest BCUT2D eigenvalue weighted by Gasteiger charge is 2.29. The molecule has 0 aliphatic carbocycles. The minimum Gasteiger partial charge on any atom is -0.376 e. The molecular weight excluding hydrogens is 232 g/mol. The monoisotopic (exact) mass is 248 g/mol. The van der Waals surface area contributed by atoms with Crippen LogP contribution in [-0.4, -0.2) is 46.9 Å². The van der Waals surface area contributed by atoms with Gasteiger partial charge in [-0.1, -0.05) is 0 Å². The van der Waals surface area contributed by atoms with Crippen molar-refractivity contribution in [3.63, 3.8) is 0 Å². The molecule has 0 spiro atoms. The van der Waals surface area contributed by atoms with E-state index < -0.39 is 0 Å². The lowest BCUT2D eigenvalue weighted by Crippen LogP contribution is -2.34. The Kier molecular flexibility index (Phi) is 3.12. The first-order chi connectivity index (χ1) is 8.88. The van der Waals surface area contributed by atoms with Gasteiger partial charge in [0.05, 0.1) is 24.6 Å². The zero-order valence-corrected chi connectivity index (χ0v) is 10.2. The summed E-state index contributed by atoms with van der Waals surface area (Å²) < 4.78 is 11.1. The van der Waals surface area contributed by atoms with E-state index in [0.717, 1.165) is 16.9 Å². The lowest BCUT2D eigenvalue weighted by Gasteiger charge is -2.19. The fraction of sp³-hybridized carbons (Fsp3) is 0.500. The third kappa shape index (κ3) is 2.04. The van der Waals surface area contributed by atoms with Crippen LogP contribution >= 0.6 is 0 Å². The topological polar surface area (TPSA) is 72.1 Å². The third-order valence-electron chi connectivity index (χ3n) is 3.09. The summed E-state index contributed by atoms with van der Waals surface area (Å²) >= 11 is 0. The van der Waals surface area contributed by atoms with Gasteiger partial charge in [0.15, 0.2) is 0 Å². The Morgan fingerprint density at radius 1 is 1.50 bits per heavy atom. The average Bonchev–Trinajstić information content (AvgIpc) is 3.00. The van der Waals surface area contributed by atoms with Gasteiger partial charge in [0.1, 0.15) is 23.9 Å². The molecule has 6 heteroatoms. The largest absolute Gasteiger partial charge is 0.376 e. The number of hydrogen-bond donors (Lipinski definition) is 2. The second kappa shape index (κ2) is 4.91. The summed E-state index contributed by atoms with van der Waals surface area (Å²) in [5.74, 6) is 0.821. The van der Waals surface area contributed by atoms with Gasteiger partial charge in [0.25, 0.3) is 0 Å². The summed E-state index contributed by atoms with van der Waals surface area (Å²) in [7, 11) is 0. The molecule has 1 aliphatic heterocycles. The van der Waals surface area contributed by atoms with E-state index in [2.05, 4.69) is 20.3 Å². The highest BCUT2D eigenvalue weighted by molar-refractivity contribution is 5.86. The van der Waals surface area contributed by atoms with Crippen molar-refractivity contribution in [2.45, 2.75) is 19.1 Å². The molecule has 0 unspecified atom stereocenters. The molecule has 2 aromatic rings. The van der Waals surface area contributed by atoms with E-state index in [1.54, 1.807) is 6.33 Å². The van der Waals surface area contributed by atoms with E-state index in [9.17, 15) is 0 Å². The summed E-state index contributed by atoms with van der Waals surface area (Å²) in [6, 6.07) is 2.10. The number of hydrogen-bond acceptors (Lipinski definition) is 5. The molecule has 6 nitrogen and oxygen atoms in total. The van der Waals surface area contributed by atoms with Crippen molar-refractivity contribution in [2.75, 3.05) is 25.1 Å². The smallest absolute Gasteiger partial charge is 0.142 e. The van der Waals surface area contributed by atoms with Crippen LogP contribution in [0.1, 0.15) is 6.92 Å². The quantitative estimate of drug-likeness (QED) is 0.850. The number of rotatable bonds is 4. The molecule has 1 saturated heterocycles. The van der Waals surface area contributed by atoms with Crippen LogP contribution in [0.25, 0.3) is 11.0 Å². The fourth-order valence-electron chi connectivity index (χ4n) is 2.21. The van der Waals surface area contributed by atoms with Gasteiger partial charge in [0, 0.05) is 12.8 Å². The first kappa shape index (κ1) is 11.4. The second-order valence-electron chi connectivity index (χ2n) is 4.24. The Labute approximate surface area is 105 Å². The van der Waals surface area contributed by atoms with Crippen molar-refractivity contribution in [3.05, 3.63) is 18.6 Å². The van der Waals surface area contributed by atoms with E-state index in [4.69, 9.17) is 9.47 Å². The standard InChI is InChI=1S/C12H16N4O2/c1-2-18-10-6-17-5-9(10)16-12-8-3-4-13-11(8)14-7-15-12/h3-4,7,9-10H,2,5-6H2,1H3,(H2,13,14,15,16)/t9-,10-/m0/s1. The van der Waals surface area contributed by atoms with Crippen LogP contribution in [0.2, 0.25) is 0 Å². The molecule has 96 valence electrons. The van der Waals surface area contributed by atoms with E-state index in [1.807, 2.05) is 19.2 Å². The van der Waals surface area contributed by atoms with Crippen LogP contribution in [-0.2, 0) is 9.47 Å². The van der Waals surface area contributed by atoms with Crippen molar-refractivity contribution < 1.29 is 9.47 Å². The molecule has 3 heterocycles. The number of aromatic amines is 1. The number of anilines is 1. The van der Waals surface area contributed by atoms with Crippen LogP contribution in [0.15, 0.2) is 18.6 Å². The molecule has 0 aromatic carbocycles. The summed E-state index contributed by atoms with van der Waals surface area (Å²) in [6.45, 7) is 3.95. The predicted molar refractivity (Wildman–Crippen MR) is 67.5 cm³/mol. The maximum Gasteiger partial charge on any atom is 0.142 e. The summed E-state index contributed by atoms with van der Waals surface area (Å²) in [6.07, 6.45) is 3.49. The average molecular weight is 248 g/mol. The molecular formula is C12H16N4O2. The number of H-pyrrole nitrogens is 1. The Balaban J connectivity index is 1.81. The van der Waals surface area contributed by atoms with Crippen molar-refractivity contribution in [1.29, 1.82) is 0 Å². The zero-order chi connectivity index (χ0) is 12.4. The van der Waals surface area contributed by atoms with Gasteiger partial charge >= 0.3 is 0 Å². The van der Waals surface area contributed by atoms with Crippen molar-refractivity contribution in [2.24, 2.45) is 0 Å². The molecule has 2 atom stereocenters. The molecule has 3 rings (SSSR count). The van der Waals surface area contributed by atoms with Gasteiger partial charge in [0.2, 0.25) is 0 Å². The van der Waals surface area contributed by atoms with Gasteiger partial charge in [-0.05, 0) is 13.0 Å². The van der Waals surface area contributed by atoms with E-state index in [0.29, 0.717) is 19.8 Å². The Hall–Kier alpha value is -1.66. The lowest BCUT2D eigenvalue weighted by atomic mass is 10.2. The molecule has 1 aliphatic rings. The Bertz CT molecular complexity index is 528. The summed E-state index contributed by atoms with van der Waals surface area (Å²) in [4.78, 5) is 11.5. The molecule has 18 heavy (non-hydrogen) atoms. The van der Waals surface area contributed by atoms with Gasteiger partial charge in [-0.2, -0.15) is 0 Å². The number of nitrogens with one attached hydrogen (secondary N) is 2. The molecule has 0 saturated carbocycles. The normalized spacial score (nSPS) is 23.6. The van der Waals surface area contributed by atoms with E-state index in [1.165, 1.54) is 0 Å². The lowest BCUT2D eigenvalue weighted by molar-refractivity contribution is 0.0478.